The molecule has 0 aliphatic carbocycles. The molecule has 0 saturated carbocycles. The standard InChI is InChI=1S/C12H20N4O2S.HI/c1-3-16(4-2)12(13)15-9-10-5-7-11(8-6-10)19(14,17)18;/h5-8H,3-4,9H2,1-2H3,(H2,13,15)(H2,14,17,18);1H. The van der Waals surface area contributed by atoms with Crippen LogP contribution in [0.3, 0.4) is 0 Å². The van der Waals surface area contributed by atoms with Crippen LogP contribution in [0.25, 0.3) is 0 Å². The summed E-state index contributed by atoms with van der Waals surface area (Å²) in [6, 6.07) is 6.29. The van der Waals surface area contributed by atoms with Crippen molar-refractivity contribution in [3.05, 3.63) is 29.8 Å². The van der Waals surface area contributed by atoms with Crippen molar-refractivity contribution >= 4 is 40.0 Å². The molecule has 0 amide bonds. The molecule has 6 nitrogen and oxygen atoms in total. The number of nitrogens with two attached hydrogens (primary N) is 2. The number of guanidine groups is 1. The average Bonchev–Trinajstić information content (AvgIpc) is 2.37. The molecule has 0 aromatic heterocycles. The average molecular weight is 412 g/mol. The van der Waals surface area contributed by atoms with Gasteiger partial charge in [0.05, 0.1) is 11.4 Å². The number of nitrogens with zero attached hydrogens (tertiary/aromatic N) is 2. The first-order valence-corrected chi connectivity index (χ1v) is 7.59. The van der Waals surface area contributed by atoms with Gasteiger partial charge in [-0.05, 0) is 31.5 Å². The van der Waals surface area contributed by atoms with Gasteiger partial charge in [-0.1, -0.05) is 12.1 Å². The third-order valence-corrected chi connectivity index (χ3v) is 3.69. The predicted molar refractivity (Wildman–Crippen MR) is 91.5 cm³/mol. The Morgan fingerprint density at radius 2 is 1.70 bits per heavy atom. The SMILES string of the molecule is CCN(CC)C(N)=NCc1ccc(S(N)(=O)=O)cc1.I. The zero-order chi connectivity index (χ0) is 14.5. The number of aliphatic imine (C=N–C) groups is 1. The van der Waals surface area contributed by atoms with Gasteiger partial charge in [0.1, 0.15) is 0 Å². The summed E-state index contributed by atoms with van der Waals surface area (Å²) in [6.07, 6.45) is 0. The van der Waals surface area contributed by atoms with E-state index in [9.17, 15) is 8.42 Å². The zero-order valence-electron chi connectivity index (χ0n) is 11.6. The van der Waals surface area contributed by atoms with Gasteiger partial charge in [0.2, 0.25) is 10.0 Å². The van der Waals surface area contributed by atoms with Crippen LogP contribution in [-0.4, -0.2) is 32.4 Å². The van der Waals surface area contributed by atoms with E-state index in [1.165, 1.54) is 12.1 Å². The first-order chi connectivity index (χ1) is 8.88. The van der Waals surface area contributed by atoms with Gasteiger partial charge in [0.15, 0.2) is 5.96 Å². The van der Waals surface area contributed by atoms with Gasteiger partial charge in [-0.25, -0.2) is 18.5 Å². The van der Waals surface area contributed by atoms with Crippen molar-refractivity contribution in [2.24, 2.45) is 15.9 Å². The van der Waals surface area contributed by atoms with E-state index in [4.69, 9.17) is 10.9 Å². The third kappa shape index (κ3) is 5.63. The summed E-state index contributed by atoms with van der Waals surface area (Å²) in [5.74, 6) is 0.487. The molecular formula is C12H21IN4O2S. The highest BCUT2D eigenvalue weighted by Gasteiger charge is 2.06. The number of hydrogen-bond donors (Lipinski definition) is 2. The van der Waals surface area contributed by atoms with Gasteiger partial charge < -0.3 is 10.6 Å². The quantitative estimate of drug-likeness (QED) is 0.430. The summed E-state index contributed by atoms with van der Waals surface area (Å²) < 4.78 is 22.2. The summed E-state index contributed by atoms with van der Waals surface area (Å²) in [6.45, 7) is 6.03. The van der Waals surface area contributed by atoms with E-state index in [-0.39, 0.29) is 28.9 Å². The van der Waals surface area contributed by atoms with E-state index in [1.54, 1.807) is 12.1 Å². The van der Waals surface area contributed by atoms with Crippen molar-refractivity contribution in [3.63, 3.8) is 0 Å². The highest BCUT2D eigenvalue weighted by Crippen LogP contribution is 2.09. The molecule has 0 spiro atoms. The lowest BCUT2D eigenvalue weighted by Gasteiger charge is -2.19. The molecule has 114 valence electrons. The largest absolute Gasteiger partial charge is 0.370 e. The fourth-order valence-corrected chi connectivity index (χ4v) is 2.12. The van der Waals surface area contributed by atoms with E-state index < -0.39 is 10.0 Å². The van der Waals surface area contributed by atoms with Gasteiger partial charge in [-0.15, -0.1) is 24.0 Å². The summed E-state index contributed by atoms with van der Waals surface area (Å²) in [5, 5.41) is 5.02. The Labute approximate surface area is 137 Å². The maximum Gasteiger partial charge on any atom is 0.238 e. The number of hydrogen-bond acceptors (Lipinski definition) is 3. The molecular weight excluding hydrogens is 391 g/mol. The Kier molecular flexibility index (Phi) is 8.06. The van der Waals surface area contributed by atoms with Crippen molar-refractivity contribution in [1.29, 1.82) is 0 Å². The first-order valence-electron chi connectivity index (χ1n) is 6.05. The number of benzene rings is 1. The van der Waals surface area contributed by atoms with E-state index in [0.29, 0.717) is 12.5 Å². The Bertz CT molecular complexity index is 539. The van der Waals surface area contributed by atoms with E-state index in [2.05, 4.69) is 4.99 Å². The monoisotopic (exact) mass is 412 g/mol. The molecule has 0 aliphatic rings. The van der Waals surface area contributed by atoms with E-state index in [1.807, 2.05) is 18.7 Å². The van der Waals surface area contributed by atoms with Crippen molar-refractivity contribution in [1.82, 2.24) is 4.90 Å². The molecule has 20 heavy (non-hydrogen) atoms. The molecule has 0 atom stereocenters. The molecule has 0 radical (unpaired) electrons. The first kappa shape index (κ1) is 19.1. The highest BCUT2D eigenvalue weighted by molar-refractivity contribution is 14.0. The Balaban J connectivity index is 0.00000361. The summed E-state index contributed by atoms with van der Waals surface area (Å²) in [5.41, 5.74) is 6.72. The Hall–Kier alpha value is -0.870. The summed E-state index contributed by atoms with van der Waals surface area (Å²) >= 11 is 0. The van der Waals surface area contributed by atoms with Crippen LogP contribution in [0.5, 0.6) is 0 Å². The molecule has 4 N–H and O–H groups in total. The topological polar surface area (TPSA) is 102 Å². The minimum absolute atomic E-state index is 0. The van der Waals surface area contributed by atoms with Gasteiger partial charge in [-0.2, -0.15) is 0 Å². The van der Waals surface area contributed by atoms with Gasteiger partial charge in [-0.3, -0.25) is 0 Å². The number of rotatable bonds is 5. The van der Waals surface area contributed by atoms with Crippen LogP contribution in [-0.2, 0) is 16.6 Å². The van der Waals surface area contributed by atoms with Gasteiger partial charge >= 0.3 is 0 Å². The molecule has 0 aliphatic heterocycles. The Morgan fingerprint density at radius 3 is 2.10 bits per heavy atom. The molecule has 1 aromatic carbocycles. The number of primary sulfonamides is 1. The summed E-state index contributed by atoms with van der Waals surface area (Å²) in [4.78, 5) is 6.31. The molecule has 0 heterocycles. The zero-order valence-corrected chi connectivity index (χ0v) is 14.8. The predicted octanol–water partition coefficient (Wildman–Crippen LogP) is 1.11. The fraction of sp³-hybridized carbons (Fsp3) is 0.417. The molecule has 8 heteroatoms. The minimum Gasteiger partial charge on any atom is -0.370 e. The molecule has 0 bridgehead atoms. The normalized spacial score (nSPS) is 11.8. The van der Waals surface area contributed by atoms with E-state index >= 15 is 0 Å². The second-order valence-corrected chi connectivity index (χ2v) is 5.60. The lowest BCUT2D eigenvalue weighted by Crippen LogP contribution is -2.37. The molecule has 0 unspecified atom stereocenters. The van der Waals surface area contributed by atoms with Crippen LogP contribution in [0.15, 0.2) is 34.2 Å². The number of sulfonamides is 1. The molecule has 0 fully saturated rings. The molecule has 1 aromatic rings. The van der Waals surface area contributed by atoms with E-state index in [0.717, 1.165) is 18.7 Å². The Morgan fingerprint density at radius 1 is 1.20 bits per heavy atom. The van der Waals surface area contributed by atoms with Crippen LogP contribution >= 0.6 is 24.0 Å². The molecule has 1 rings (SSSR count). The summed E-state index contributed by atoms with van der Waals surface area (Å²) in [7, 11) is -3.64. The second-order valence-electron chi connectivity index (χ2n) is 4.04. The maximum absolute atomic E-state index is 11.1. The third-order valence-electron chi connectivity index (χ3n) is 2.76. The lowest BCUT2D eigenvalue weighted by molar-refractivity contribution is 0.458. The lowest BCUT2D eigenvalue weighted by atomic mass is 10.2. The van der Waals surface area contributed by atoms with Gasteiger partial charge in [0, 0.05) is 13.1 Å². The van der Waals surface area contributed by atoms with Crippen LogP contribution in [0.4, 0.5) is 0 Å². The van der Waals surface area contributed by atoms with Crippen LogP contribution in [0.1, 0.15) is 19.4 Å². The smallest absolute Gasteiger partial charge is 0.238 e. The van der Waals surface area contributed by atoms with Crippen molar-refractivity contribution in [2.45, 2.75) is 25.3 Å². The highest BCUT2D eigenvalue weighted by atomic mass is 127. The van der Waals surface area contributed by atoms with Crippen molar-refractivity contribution in [2.75, 3.05) is 13.1 Å². The fourth-order valence-electron chi connectivity index (χ4n) is 1.60. The number of halogens is 1. The van der Waals surface area contributed by atoms with Gasteiger partial charge in [0.25, 0.3) is 0 Å². The second kappa shape index (κ2) is 8.42. The van der Waals surface area contributed by atoms with Crippen molar-refractivity contribution in [3.8, 4) is 0 Å². The van der Waals surface area contributed by atoms with Crippen LogP contribution in [0.2, 0.25) is 0 Å². The van der Waals surface area contributed by atoms with Crippen molar-refractivity contribution < 1.29 is 8.42 Å². The molecule has 0 saturated heterocycles. The van der Waals surface area contributed by atoms with Crippen LogP contribution < -0.4 is 10.9 Å². The minimum atomic E-state index is -3.64. The maximum atomic E-state index is 11.1. The van der Waals surface area contributed by atoms with Crippen LogP contribution in [0, 0.1) is 0 Å².